The number of aromatic nitrogens is 4. The van der Waals surface area contributed by atoms with Gasteiger partial charge in [-0.3, -0.25) is 0 Å². The number of aryl methyl sites for hydroxylation is 1. The normalized spacial score (nSPS) is 10.4. The summed E-state index contributed by atoms with van der Waals surface area (Å²) in [5.41, 5.74) is 0.379. The first-order valence-electron chi connectivity index (χ1n) is 4.47. The maximum atomic E-state index is 11.7. The summed E-state index contributed by atoms with van der Waals surface area (Å²) in [7, 11) is 3.14. The lowest BCUT2D eigenvalue weighted by Crippen LogP contribution is -2.22. The summed E-state index contributed by atoms with van der Waals surface area (Å²) in [5.74, 6) is 0.704. The molecule has 0 saturated heterocycles. The van der Waals surface area contributed by atoms with Crippen LogP contribution in [0, 0.1) is 3.57 Å². The maximum Gasteiger partial charge on any atom is 0.368 e. The van der Waals surface area contributed by atoms with E-state index in [0.29, 0.717) is 11.4 Å². The van der Waals surface area contributed by atoms with Gasteiger partial charge in [0.25, 0.3) is 0 Å². The highest BCUT2D eigenvalue weighted by molar-refractivity contribution is 14.1. The van der Waals surface area contributed by atoms with Gasteiger partial charge < -0.3 is 4.74 Å². The quantitative estimate of drug-likeness (QED) is 0.755. The molecule has 0 fully saturated rings. The predicted molar refractivity (Wildman–Crippen MR) is 65.9 cm³/mol. The number of hydrogen-bond acceptors (Lipinski definition) is 4. The van der Waals surface area contributed by atoms with Gasteiger partial charge in [0.1, 0.15) is 5.75 Å². The monoisotopic (exact) mass is 332 g/mol. The molecule has 7 heteroatoms. The van der Waals surface area contributed by atoms with Gasteiger partial charge in [0, 0.05) is 7.05 Å². The van der Waals surface area contributed by atoms with E-state index in [0.717, 1.165) is 3.57 Å². The summed E-state index contributed by atoms with van der Waals surface area (Å²) in [5, 5.41) is 7.44. The van der Waals surface area contributed by atoms with Gasteiger partial charge in [-0.2, -0.15) is 9.36 Å². The molecule has 16 heavy (non-hydrogen) atoms. The first kappa shape index (κ1) is 11.1. The van der Waals surface area contributed by atoms with E-state index in [1.54, 1.807) is 26.3 Å². The third kappa shape index (κ3) is 1.70. The number of rotatable bonds is 2. The lowest BCUT2D eigenvalue weighted by atomic mass is 10.3. The molecule has 0 radical (unpaired) electrons. The molecule has 6 nitrogen and oxygen atoms in total. The van der Waals surface area contributed by atoms with Crippen molar-refractivity contribution < 1.29 is 4.74 Å². The molecule has 0 saturated carbocycles. The van der Waals surface area contributed by atoms with Crippen LogP contribution in [0.25, 0.3) is 5.69 Å². The smallest absolute Gasteiger partial charge is 0.368 e. The first-order valence-corrected chi connectivity index (χ1v) is 5.55. The molecular formula is C9H9IN4O2. The summed E-state index contributed by atoms with van der Waals surface area (Å²) >= 11 is 2.11. The Kier molecular flexibility index (Phi) is 2.95. The van der Waals surface area contributed by atoms with Gasteiger partial charge >= 0.3 is 5.69 Å². The Labute approximate surface area is 105 Å². The maximum absolute atomic E-state index is 11.7. The lowest BCUT2D eigenvalue weighted by Gasteiger charge is -2.06. The van der Waals surface area contributed by atoms with Crippen LogP contribution in [0.3, 0.4) is 0 Å². The molecule has 84 valence electrons. The zero-order valence-corrected chi connectivity index (χ0v) is 10.9. The summed E-state index contributed by atoms with van der Waals surface area (Å²) in [6.45, 7) is 0. The number of nitrogens with zero attached hydrogens (tertiary/aromatic N) is 4. The number of halogens is 1. The average Bonchev–Trinajstić information content (AvgIpc) is 2.61. The highest BCUT2D eigenvalue weighted by Crippen LogP contribution is 2.25. The molecule has 1 aromatic heterocycles. The summed E-state index contributed by atoms with van der Waals surface area (Å²) in [6.07, 6.45) is 0. The van der Waals surface area contributed by atoms with Gasteiger partial charge in [0.05, 0.1) is 16.4 Å². The molecule has 0 unspecified atom stereocenters. The van der Waals surface area contributed by atoms with E-state index < -0.39 is 0 Å². The standard InChI is InChI=1S/C9H9IN4O2/c1-13-9(15)14(12-11-13)6-4-3-5-7(16-2)8(6)10/h3-5H,1-2H3. The fourth-order valence-corrected chi connectivity index (χ4v) is 2.09. The molecule has 0 spiro atoms. The van der Waals surface area contributed by atoms with Crippen LogP contribution in [0.4, 0.5) is 0 Å². The predicted octanol–water partition coefficient (Wildman–Crippen LogP) is 0.579. The van der Waals surface area contributed by atoms with Crippen molar-refractivity contribution in [3.63, 3.8) is 0 Å². The van der Waals surface area contributed by atoms with Crippen LogP contribution in [0.5, 0.6) is 5.75 Å². The number of tetrazole rings is 1. The average molecular weight is 332 g/mol. The lowest BCUT2D eigenvalue weighted by molar-refractivity contribution is 0.411. The molecule has 0 aliphatic rings. The molecule has 0 N–H and O–H groups in total. The number of hydrogen-bond donors (Lipinski definition) is 0. The van der Waals surface area contributed by atoms with Crippen molar-refractivity contribution in [2.75, 3.05) is 7.11 Å². The van der Waals surface area contributed by atoms with Gasteiger partial charge in [-0.05, 0) is 45.2 Å². The van der Waals surface area contributed by atoms with E-state index in [4.69, 9.17) is 4.74 Å². The summed E-state index contributed by atoms with van der Waals surface area (Å²) in [6, 6.07) is 5.42. The van der Waals surface area contributed by atoms with Crippen LogP contribution >= 0.6 is 22.6 Å². The van der Waals surface area contributed by atoms with E-state index in [1.807, 2.05) is 6.07 Å². The van der Waals surface area contributed by atoms with Crippen molar-refractivity contribution in [2.24, 2.45) is 7.05 Å². The molecule has 2 rings (SSSR count). The minimum Gasteiger partial charge on any atom is -0.496 e. The molecular weight excluding hydrogens is 323 g/mol. The Morgan fingerprint density at radius 3 is 2.69 bits per heavy atom. The SMILES string of the molecule is COc1cccc(-n2nnn(C)c2=O)c1I. The van der Waals surface area contributed by atoms with E-state index >= 15 is 0 Å². The second kappa shape index (κ2) is 4.24. The Hall–Kier alpha value is -1.38. The van der Waals surface area contributed by atoms with Gasteiger partial charge in [0.2, 0.25) is 0 Å². The van der Waals surface area contributed by atoms with Crippen molar-refractivity contribution in [3.8, 4) is 11.4 Å². The minimum absolute atomic E-state index is 0.286. The third-order valence-corrected chi connectivity index (χ3v) is 3.20. The van der Waals surface area contributed by atoms with Crippen LogP contribution in [-0.2, 0) is 7.05 Å². The molecule has 1 aromatic carbocycles. The first-order chi connectivity index (χ1) is 7.65. The van der Waals surface area contributed by atoms with Crippen molar-refractivity contribution in [3.05, 3.63) is 32.3 Å². The molecule has 0 bridgehead atoms. The number of methoxy groups -OCH3 is 1. The Morgan fingerprint density at radius 1 is 1.38 bits per heavy atom. The molecule has 1 heterocycles. The van der Waals surface area contributed by atoms with Gasteiger partial charge in [-0.25, -0.2) is 4.79 Å². The highest BCUT2D eigenvalue weighted by atomic mass is 127. The van der Waals surface area contributed by atoms with Crippen molar-refractivity contribution >= 4 is 22.6 Å². The van der Waals surface area contributed by atoms with Gasteiger partial charge in [0.15, 0.2) is 0 Å². The second-order valence-corrected chi connectivity index (χ2v) is 4.17. The van der Waals surface area contributed by atoms with Crippen LogP contribution in [0.2, 0.25) is 0 Å². The molecule has 0 atom stereocenters. The highest BCUT2D eigenvalue weighted by Gasteiger charge is 2.12. The molecule has 2 aromatic rings. The zero-order chi connectivity index (χ0) is 11.7. The van der Waals surface area contributed by atoms with Crippen molar-refractivity contribution in [1.29, 1.82) is 0 Å². The van der Waals surface area contributed by atoms with Crippen LogP contribution in [0.1, 0.15) is 0 Å². The summed E-state index contributed by atoms with van der Waals surface area (Å²) in [4.78, 5) is 11.7. The molecule has 0 aliphatic heterocycles. The van der Waals surface area contributed by atoms with E-state index in [2.05, 4.69) is 33.0 Å². The largest absolute Gasteiger partial charge is 0.496 e. The fourth-order valence-electron chi connectivity index (χ4n) is 1.29. The fraction of sp³-hybridized carbons (Fsp3) is 0.222. The minimum atomic E-state index is -0.286. The van der Waals surface area contributed by atoms with Crippen LogP contribution in [0.15, 0.2) is 23.0 Å². The molecule has 0 aliphatic carbocycles. The van der Waals surface area contributed by atoms with Crippen molar-refractivity contribution in [1.82, 2.24) is 19.8 Å². The van der Waals surface area contributed by atoms with E-state index in [9.17, 15) is 4.79 Å². The Bertz CT molecular complexity index is 575. The van der Waals surface area contributed by atoms with E-state index in [-0.39, 0.29) is 5.69 Å². The third-order valence-electron chi connectivity index (χ3n) is 2.11. The van der Waals surface area contributed by atoms with Crippen molar-refractivity contribution in [2.45, 2.75) is 0 Å². The number of ether oxygens (including phenoxy) is 1. The van der Waals surface area contributed by atoms with Crippen LogP contribution in [-0.4, -0.2) is 26.9 Å². The van der Waals surface area contributed by atoms with Gasteiger partial charge in [-0.15, -0.1) is 0 Å². The zero-order valence-electron chi connectivity index (χ0n) is 8.72. The topological polar surface area (TPSA) is 61.9 Å². The van der Waals surface area contributed by atoms with E-state index in [1.165, 1.54) is 9.36 Å². The van der Waals surface area contributed by atoms with Crippen LogP contribution < -0.4 is 10.4 Å². The second-order valence-electron chi connectivity index (χ2n) is 3.09. The number of benzene rings is 1. The van der Waals surface area contributed by atoms with Gasteiger partial charge in [-0.1, -0.05) is 6.07 Å². The Morgan fingerprint density at radius 2 is 2.12 bits per heavy atom. The summed E-state index contributed by atoms with van der Waals surface area (Å²) < 4.78 is 8.42. The Balaban J connectivity index is 2.65. The molecule has 0 amide bonds.